The van der Waals surface area contributed by atoms with Crippen molar-refractivity contribution in [3.63, 3.8) is 0 Å². The van der Waals surface area contributed by atoms with Crippen molar-refractivity contribution >= 4 is 17.6 Å². The Morgan fingerprint density at radius 1 is 1.12 bits per heavy atom. The number of carboxylic acid groups (broad SMARTS) is 1. The maximum absolute atomic E-state index is 13.2. The van der Waals surface area contributed by atoms with E-state index < -0.39 is 17.7 Å². The third kappa shape index (κ3) is 6.47. The minimum Gasteiger partial charge on any atom is -0.493 e. The van der Waals surface area contributed by atoms with Gasteiger partial charge in [0.25, 0.3) is 5.91 Å². The highest BCUT2D eigenvalue weighted by atomic mass is 16.5. The van der Waals surface area contributed by atoms with Crippen molar-refractivity contribution in [2.75, 3.05) is 18.1 Å². The molecule has 0 saturated carbocycles. The lowest BCUT2D eigenvalue weighted by atomic mass is 10.0. The van der Waals surface area contributed by atoms with E-state index in [9.17, 15) is 14.7 Å². The summed E-state index contributed by atoms with van der Waals surface area (Å²) in [4.78, 5) is 26.0. The zero-order chi connectivity index (χ0) is 23.1. The number of rotatable bonds is 11. The number of aliphatic hydroxyl groups is 1. The van der Waals surface area contributed by atoms with Gasteiger partial charge in [-0.15, -0.1) is 0 Å². The molecule has 1 amide bonds. The van der Waals surface area contributed by atoms with Gasteiger partial charge in [0.1, 0.15) is 11.5 Å². The number of para-hydroxylation sites is 3. The second kappa shape index (κ2) is 10.5. The molecular weight excluding hydrogens is 410 g/mol. The molecule has 1 atom stereocenters. The highest BCUT2D eigenvalue weighted by molar-refractivity contribution is 6.00. The Balaban J connectivity index is 1.63. The topological polar surface area (TPSA) is 96.3 Å². The van der Waals surface area contributed by atoms with E-state index in [1.165, 1.54) is 0 Å². The molecule has 172 valence electrons. The lowest BCUT2D eigenvalue weighted by Crippen LogP contribution is -2.47. The van der Waals surface area contributed by atoms with Crippen LogP contribution in [0.2, 0.25) is 0 Å². The number of carboxylic acids is 1. The van der Waals surface area contributed by atoms with Gasteiger partial charge in [-0.05, 0) is 51.3 Å². The molecular formula is C25H31NO6. The summed E-state index contributed by atoms with van der Waals surface area (Å²) in [5, 5.41) is 19.0. The fourth-order valence-corrected chi connectivity index (χ4v) is 3.75. The molecule has 0 fully saturated rings. The molecule has 0 bridgehead atoms. The van der Waals surface area contributed by atoms with Crippen LogP contribution in [0, 0.1) is 0 Å². The third-order valence-corrected chi connectivity index (χ3v) is 5.34. The van der Waals surface area contributed by atoms with E-state index in [0.717, 1.165) is 18.5 Å². The van der Waals surface area contributed by atoms with Crippen LogP contribution in [0.15, 0.2) is 48.5 Å². The first-order chi connectivity index (χ1) is 15.2. The highest BCUT2D eigenvalue weighted by Gasteiger charge is 2.34. The molecule has 3 rings (SSSR count). The van der Waals surface area contributed by atoms with Crippen molar-refractivity contribution in [1.82, 2.24) is 0 Å². The van der Waals surface area contributed by atoms with Gasteiger partial charge < -0.3 is 24.6 Å². The average molecular weight is 442 g/mol. The number of amides is 1. The number of nitrogens with zero attached hydrogens (tertiary/aromatic N) is 1. The number of benzene rings is 2. The molecule has 7 heteroatoms. The van der Waals surface area contributed by atoms with E-state index >= 15 is 0 Å². The molecule has 0 saturated heterocycles. The van der Waals surface area contributed by atoms with Crippen LogP contribution >= 0.6 is 0 Å². The summed E-state index contributed by atoms with van der Waals surface area (Å²) in [5.41, 5.74) is 0.628. The van der Waals surface area contributed by atoms with Gasteiger partial charge in [-0.3, -0.25) is 9.59 Å². The minimum atomic E-state index is -0.927. The first-order valence-corrected chi connectivity index (χ1v) is 11.0. The Kier molecular flexibility index (Phi) is 7.75. The van der Waals surface area contributed by atoms with E-state index in [4.69, 9.17) is 14.6 Å². The van der Waals surface area contributed by atoms with E-state index in [2.05, 4.69) is 0 Å². The van der Waals surface area contributed by atoms with Crippen LogP contribution in [0.5, 0.6) is 11.5 Å². The quantitative estimate of drug-likeness (QED) is 0.515. The SMILES string of the molecule is CC(C)(O)CCCCN1C(=O)C(CCOc2ccccc2CC(=O)O)Oc2ccccc21. The summed E-state index contributed by atoms with van der Waals surface area (Å²) in [7, 11) is 0. The maximum Gasteiger partial charge on any atom is 0.307 e. The van der Waals surface area contributed by atoms with Gasteiger partial charge in [0, 0.05) is 18.5 Å². The fourth-order valence-electron chi connectivity index (χ4n) is 3.75. The first kappa shape index (κ1) is 23.6. The molecule has 0 radical (unpaired) electrons. The lowest BCUT2D eigenvalue weighted by molar-refractivity contribution is -0.136. The molecule has 2 aromatic rings. The molecule has 1 aliphatic heterocycles. The second-order valence-corrected chi connectivity index (χ2v) is 8.65. The number of ether oxygens (including phenoxy) is 2. The van der Waals surface area contributed by atoms with Crippen LogP contribution in [0.4, 0.5) is 5.69 Å². The van der Waals surface area contributed by atoms with Gasteiger partial charge in [0.15, 0.2) is 6.10 Å². The van der Waals surface area contributed by atoms with Crippen molar-refractivity contribution in [2.45, 2.75) is 57.7 Å². The number of unbranched alkanes of at least 4 members (excludes halogenated alkanes) is 1. The second-order valence-electron chi connectivity index (χ2n) is 8.65. The Morgan fingerprint density at radius 2 is 1.84 bits per heavy atom. The Bertz CT molecular complexity index is 936. The van der Waals surface area contributed by atoms with E-state index in [1.807, 2.05) is 24.3 Å². The van der Waals surface area contributed by atoms with Gasteiger partial charge in [-0.2, -0.15) is 0 Å². The van der Waals surface area contributed by atoms with E-state index in [1.54, 1.807) is 43.0 Å². The largest absolute Gasteiger partial charge is 0.493 e. The van der Waals surface area contributed by atoms with E-state index in [-0.39, 0.29) is 18.9 Å². The van der Waals surface area contributed by atoms with Gasteiger partial charge in [0.05, 0.1) is 24.3 Å². The molecule has 1 aliphatic rings. The fraction of sp³-hybridized carbons (Fsp3) is 0.440. The Labute approximate surface area is 188 Å². The van der Waals surface area contributed by atoms with E-state index in [0.29, 0.717) is 36.4 Å². The minimum absolute atomic E-state index is 0.116. The Hall–Kier alpha value is -3.06. The predicted molar refractivity (Wildman–Crippen MR) is 121 cm³/mol. The molecule has 0 aromatic heterocycles. The number of anilines is 1. The smallest absolute Gasteiger partial charge is 0.307 e. The van der Waals surface area contributed by atoms with Gasteiger partial charge in [-0.1, -0.05) is 30.3 Å². The molecule has 0 aliphatic carbocycles. The third-order valence-electron chi connectivity index (χ3n) is 5.34. The lowest BCUT2D eigenvalue weighted by Gasteiger charge is -2.34. The normalized spacial score (nSPS) is 15.8. The van der Waals surface area contributed by atoms with Crippen molar-refractivity contribution in [1.29, 1.82) is 0 Å². The van der Waals surface area contributed by atoms with Gasteiger partial charge >= 0.3 is 5.97 Å². The number of hydrogen-bond acceptors (Lipinski definition) is 5. The van der Waals surface area contributed by atoms with Gasteiger partial charge in [0.2, 0.25) is 0 Å². The predicted octanol–water partition coefficient (Wildman–Crippen LogP) is 3.82. The molecule has 7 nitrogen and oxygen atoms in total. The van der Waals surface area contributed by atoms with Crippen molar-refractivity contribution in [3.05, 3.63) is 54.1 Å². The number of aliphatic carboxylic acids is 1. The summed E-state index contributed by atoms with van der Waals surface area (Å²) in [6.45, 7) is 4.34. The van der Waals surface area contributed by atoms with Crippen molar-refractivity contribution < 1.29 is 29.3 Å². The highest BCUT2D eigenvalue weighted by Crippen LogP contribution is 2.35. The van der Waals surface area contributed by atoms with Crippen LogP contribution < -0.4 is 14.4 Å². The maximum atomic E-state index is 13.2. The standard InChI is InChI=1S/C25H31NO6/c1-25(2,30)14-7-8-15-26-19-10-4-6-12-21(19)32-22(24(26)29)13-16-31-20-11-5-3-9-18(20)17-23(27)28/h3-6,9-12,22,30H,7-8,13-17H2,1-2H3,(H,27,28). The molecule has 2 N–H and O–H groups in total. The molecule has 1 heterocycles. The van der Waals surface area contributed by atoms with Crippen LogP contribution in [0.25, 0.3) is 0 Å². The summed E-state index contributed by atoms with van der Waals surface area (Å²) in [6.07, 6.45) is 1.79. The number of hydrogen-bond donors (Lipinski definition) is 2. The molecule has 2 aromatic carbocycles. The monoisotopic (exact) mass is 441 g/mol. The summed E-state index contributed by atoms with van der Waals surface area (Å²) < 4.78 is 11.8. The van der Waals surface area contributed by atoms with Crippen molar-refractivity contribution in [2.24, 2.45) is 0 Å². The summed E-state index contributed by atoms with van der Waals surface area (Å²) in [6, 6.07) is 14.5. The molecule has 0 spiro atoms. The first-order valence-electron chi connectivity index (χ1n) is 11.0. The van der Waals surface area contributed by atoms with Crippen LogP contribution in [-0.4, -0.2) is 46.9 Å². The van der Waals surface area contributed by atoms with Crippen LogP contribution in [0.3, 0.4) is 0 Å². The number of fused-ring (bicyclic) bond motifs is 1. The van der Waals surface area contributed by atoms with Gasteiger partial charge in [-0.25, -0.2) is 0 Å². The summed E-state index contributed by atoms with van der Waals surface area (Å²) in [5.74, 6) is 0.117. The number of carbonyl (C=O) groups is 2. The molecule has 32 heavy (non-hydrogen) atoms. The zero-order valence-electron chi connectivity index (χ0n) is 18.6. The zero-order valence-corrected chi connectivity index (χ0v) is 18.6. The summed E-state index contributed by atoms with van der Waals surface area (Å²) >= 11 is 0. The Morgan fingerprint density at radius 3 is 2.59 bits per heavy atom. The van der Waals surface area contributed by atoms with Crippen LogP contribution in [0.1, 0.15) is 45.1 Å². The van der Waals surface area contributed by atoms with Crippen molar-refractivity contribution in [3.8, 4) is 11.5 Å². The molecule has 1 unspecified atom stereocenters. The van der Waals surface area contributed by atoms with Crippen LogP contribution in [-0.2, 0) is 16.0 Å². The average Bonchev–Trinajstić information content (AvgIpc) is 2.73. The number of carbonyl (C=O) groups excluding carboxylic acids is 1.